The van der Waals surface area contributed by atoms with E-state index in [1.54, 1.807) is 31.4 Å². The number of benzene rings is 1. The second-order valence-electron chi connectivity index (χ2n) is 4.94. The maximum absolute atomic E-state index is 10.1. The normalized spacial score (nSPS) is 31.9. The fraction of sp³-hybridized carbons (Fsp3) is 0.571. The van der Waals surface area contributed by atoms with Crippen molar-refractivity contribution >= 4 is 0 Å². The number of hydrogen-bond acceptors (Lipinski definition) is 6. The Bertz CT molecular complexity index is 420. The summed E-state index contributed by atoms with van der Waals surface area (Å²) in [4.78, 5) is 0. The molecule has 1 fully saturated rings. The summed E-state index contributed by atoms with van der Waals surface area (Å²) in [5.74, 6) is 0.688. The highest BCUT2D eigenvalue weighted by atomic mass is 16.5. The van der Waals surface area contributed by atoms with E-state index >= 15 is 0 Å². The Morgan fingerprint density at radius 1 is 1.20 bits per heavy atom. The van der Waals surface area contributed by atoms with Crippen LogP contribution in [-0.4, -0.2) is 58.6 Å². The zero-order valence-corrected chi connectivity index (χ0v) is 11.2. The van der Waals surface area contributed by atoms with E-state index in [4.69, 9.17) is 9.47 Å². The third-order valence-electron chi connectivity index (χ3n) is 3.56. The van der Waals surface area contributed by atoms with Crippen LogP contribution in [0, 0.1) is 0 Å². The molecule has 0 aromatic heterocycles. The van der Waals surface area contributed by atoms with Gasteiger partial charge in [0.15, 0.2) is 0 Å². The summed E-state index contributed by atoms with van der Waals surface area (Å²) >= 11 is 0. The van der Waals surface area contributed by atoms with Gasteiger partial charge < -0.3 is 29.9 Å². The third kappa shape index (κ3) is 3.28. The van der Waals surface area contributed by atoms with Crippen LogP contribution >= 0.6 is 0 Å². The minimum absolute atomic E-state index is 0.0573. The predicted molar refractivity (Wildman–Crippen MR) is 70.3 cm³/mol. The monoisotopic (exact) mass is 284 g/mol. The zero-order valence-electron chi connectivity index (χ0n) is 11.2. The highest BCUT2D eigenvalue weighted by Crippen LogP contribution is 2.26. The molecule has 0 aliphatic carbocycles. The van der Waals surface area contributed by atoms with Crippen LogP contribution in [0.15, 0.2) is 24.3 Å². The van der Waals surface area contributed by atoms with Gasteiger partial charge >= 0.3 is 0 Å². The van der Waals surface area contributed by atoms with E-state index < -0.39 is 30.5 Å². The average Bonchev–Trinajstić information content (AvgIpc) is 2.48. The Balaban J connectivity index is 1.98. The molecule has 6 nitrogen and oxygen atoms in total. The van der Waals surface area contributed by atoms with Gasteiger partial charge in [0.25, 0.3) is 0 Å². The molecule has 0 bridgehead atoms. The number of rotatable bonds is 4. The molecular formula is C14H20O6. The summed E-state index contributed by atoms with van der Waals surface area (Å²) in [6.07, 6.45) is -4.98. The van der Waals surface area contributed by atoms with Gasteiger partial charge in [0.1, 0.15) is 24.1 Å². The van der Waals surface area contributed by atoms with E-state index in [2.05, 4.69) is 0 Å². The molecule has 1 saturated heterocycles. The second kappa shape index (κ2) is 6.51. The molecule has 5 atom stereocenters. The molecule has 0 radical (unpaired) electrons. The van der Waals surface area contributed by atoms with Crippen molar-refractivity contribution < 1.29 is 29.9 Å². The molecule has 1 unspecified atom stereocenters. The molecule has 0 spiro atoms. The Labute approximate surface area is 117 Å². The molecule has 20 heavy (non-hydrogen) atoms. The highest BCUT2D eigenvalue weighted by molar-refractivity contribution is 5.28. The van der Waals surface area contributed by atoms with Crippen molar-refractivity contribution in [3.8, 4) is 5.75 Å². The molecule has 1 heterocycles. The van der Waals surface area contributed by atoms with Crippen LogP contribution in [0.25, 0.3) is 0 Å². The second-order valence-corrected chi connectivity index (χ2v) is 4.94. The first-order valence-corrected chi connectivity index (χ1v) is 6.50. The smallest absolute Gasteiger partial charge is 0.118 e. The summed E-state index contributed by atoms with van der Waals surface area (Å²) in [6.45, 7) is -0.0573. The lowest BCUT2D eigenvalue weighted by Crippen LogP contribution is -2.53. The van der Waals surface area contributed by atoms with Gasteiger partial charge in [0.2, 0.25) is 0 Å². The quantitative estimate of drug-likeness (QED) is 0.600. The Kier molecular flexibility index (Phi) is 4.95. The van der Waals surface area contributed by atoms with Crippen LogP contribution in [0.4, 0.5) is 0 Å². The van der Waals surface area contributed by atoms with Gasteiger partial charge in [-0.2, -0.15) is 0 Å². The summed E-state index contributed by atoms with van der Waals surface area (Å²) in [6, 6.07) is 6.92. The Morgan fingerprint density at radius 2 is 1.85 bits per heavy atom. The van der Waals surface area contributed by atoms with Crippen molar-refractivity contribution in [1.29, 1.82) is 0 Å². The maximum atomic E-state index is 10.1. The first-order chi connectivity index (χ1) is 9.52. The van der Waals surface area contributed by atoms with Crippen LogP contribution < -0.4 is 4.74 Å². The molecule has 6 heteroatoms. The molecule has 1 aromatic rings. The summed E-state index contributed by atoms with van der Waals surface area (Å²) < 4.78 is 10.3. The lowest BCUT2D eigenvalue weighted by atomic mass is 9.94. The summed E-state index contributed by atoms with van der Waals surface area (Å²) in [7, 11) is 1.56. The van der Waals surface area contributed by atoms with Crippen molar-refractivity contribution in [2.24, 2.45) is 0 Å². The van der Waals surface area contributed by atoms with Crippen LogP contribution in [0.1, 0.15) is 18.1 Å². The summed E-state index contributed by atoms with van der Waals surface area (Å²) in [5.41, 5.74) is 0.669. The first kappa shape index (κ1) is 15.2. The lowest BCUT2D eigenvalue weighted by Gasteiger charge is -2.36. The molecule has 1 aliphatic rings. The van der Waals surface area contributed by atoms with E-state index in [1.165, 1.54) is 0 Å². The number of methoxy groups -OCH3 is 1. The number of aliphatic hydroxyl groups is 4. The molecule has 1 aliphatic heterocycles. The number of hydrogen-bond donors (Lipinski definition) is 4. The molecule has 112 valence electrons. The topological polar surface area (TPSA) is 99.4 Å². The van der Waals surface area contributed by atoms with Gasteiger partial charge in [-0.05, 0) is 17.7 Å². The largest absolute Gasteiger partial charge is 0.497 e. The van der Waals surface area contributed by atoms with Gasteiger partial charge in [-0.15, -0.1) is 0 Å². The SMILES string of the molecule is COc1ccc(C(O)C[C@H]2OC[C@@H](O)[C@H](O)[C@@H]2O)cc1. The number of ether oxygens (including phenoxy) is 2. The van der Waals surface area contributed by atoms with E-state index in [1.807, 2.05) is 0 Å². The van der Waals surface area contributed by atoms with E-state index in [-0.39, 0.29) is 13.0 Å². The van der Waals surface area contributed by atoms with Crippen molar-refractivity contribution in [2.75, 3.05) is 13.7 Å². The lowest BCUT2D eigenvalue weighted by molar-refractivity contribution is -0.193. The molecule has 0 saturated carbocycles. The van der Waals surface area contributed by atoms with Crippen LogP contribution in [0.5, 0.6) is 5.75 Å². The Morgan fingerprint density at radius 3 is 2.45 bits per heavy atom. The van der Waals surface area contributed by atoms with E-state index in [0.29, 0.717) is 11.3 Å². The fourth-order valence-corrected chi connectivity index (χ4v) is 2.26. The van der Waals surface area contributed by atoms with Crippen molar-refractivity contribution in [2.45, 2.75) is 36.9 Å². The van der Waals surface area contributed by atoms with Gasteiger partial charge in [-0.3, -0.25) is 0 Å². The van der Waals surface area contributed by atoms with Gasteiger partial charge in [-0.1, -0.05) is 12.1 Å². The van der Waals surface area contributed by atoms with Gasteiger partial charge in [0, 0.05) is 6.42 Å². The summed E-state index contributed by atoms with van der Waals surface area (Å²) in [5, 5.41) is 38.9. The average molecular weight is 284 g/mol. The fourth-order valence-electron chi connectivity index (χ4n) is 2.26. The molecule has 1 aromatic carbocycles. The van der Waals surface area contributed by atoms with Crippen LogP contribution in [0.2, 0.25) is 0 Å². The Hall–Kier alpha value is -1.18. The van der Waals surface area contributed by atoms with Crippen molar-refractivity contribution in [1.82, 2.24) is 0 Å². The molecule has 4 N–H and O–H groups in total. The zero-order chi connectivity index (χ0) is 14.7. The maximum Gasteiger partial charge on any atom is 0.118 e. The minimum atomic E-state index is -1.25. The van der Waals surface area contributed by atoms with E-state index in [0.717, 1.165) is 0 Å². The number of aliphatic hydroxyl groups excluding tert-OH is 4. The molecule has 2 rings (SSSR count). The highest BCUT2D eigenvalue weighted by Gasteiger charge is 2.38. The standard InChI is InChI=1S/C14H20O6/c1-19-9-4-2-8(3-5-9)10(15)6-12-14(18)13(17)11(16)7-20-12/h2-5,10-18H,6-7H2,1H3/t10?,11-,12-,13+,14-/m1/s1. The van der Waals surface area contributed by atoms with Gasteiger partial charge in [0.05, 0.1) is 25.9 Å². The van der Waals surface area contributed by atoms with Crippen molar-refractivity contribution in [3.05, 3.63) is 29.8 Å². The first-order valence-electron chi connectivity index (χ1n) is 6.50. The van der Waals surface area contributed by atoms with E-state index in [9.17, 15) is 20.4 Å². The van der Waals surface area contributed by atoms with Crippen molar-refractivity contribution in [3.63, 3.8) is 0 Å². The van der Waals surface area contributed by atoms with Crippen LogP contribution in [0.3, 0.4) is 0 Å². The minimum Gasteiger partial charge on any atom is -0.497 e. The molecular weight excluding hydrogens is 264 g/mol. The van der Waals surface area contributed by atoms with Gasteiger partial charge in [-0.25, -0.2) is 0 Å². The van der Waals surface area contributed by atoms with Crippen LogP contribution in [-0.2, 0) is 4.74 Å². The third-order valence-corrected chi connectivity index (χ3v) is 3.56. The molecule has 0 amide bonds. The predicted octanol–water partition coefficient (Wildman–Crippen LogP) is -0.400.